The number of fused-ring (bicyclic) bond motifs is 1. The topological polar surface area (TPSA) is 81.6 Å². The Balaban J connectivity index is 2.23. The van der Waals surface area contributed by atoms with E-state index in [2.05, 4.69) is 10.3 Å². The number of nitrogens with one attached hydrogen (secondary N) is 1. The summed E-state index contributed by atoms with van der Waals surface area (Å²) in [6, 6.07) is 5.46. The lowest BCUT2D eigenvalue weighted by atomic mass is 10.1. The second-order valence-electron chi connectivity index (χ2n) is 4.67. The minimum absolute atomic E-state index is 0.274. The van der Waals surface area contributed by atoms with Gasteiger partial charge in [-0.2, -0.15) is 0 Å². The van der Waals surface area contributed by atoms with Gasteiger partial charge in [-0.05, 0) is 25.1 Å². The van der Waals surface area contributed by atoms with Crippen molar-refractivity contribution in [2.75, 3.05) is 25.9 Å². The highest BCUT2D eigenvalue weighted by molar-refractivity contribution is 5.95. The number of nitrogen functional groups attached to an aromatic ring is 1. The summed E-state index contributed by atoms with van der Waals surface area (Å²) in [7, 11) is 1.36. The molecular weight excluding hydrogens is 244 g/mol. The molecule has 3 N–H and O–H groups in total. The van der Waals surface area contributed by atoms with Crippen molar-refractivity contribution in [1.29, 1.82) is 0 Å². The monoisotopic (exact) mass is 260 g/mol. The fourth-order valence-corrected chi connectivity index (χ4v) is 2.58. The van der Waals surface area contributed by atoms with Crippen molar-refractivity contribution in [2.24, 2.45) is 0 Å². The Morgan fingerprint density at radius 2 is 2.42 bits per heavy atom. The van der Waals surface area contributed by atoms with Gasteiger partial charge in [-0.15, -0.1) is 0 Å². The number of nitrogens with zero attached hydrogens (tertiary/aromatic N) is 2. The van der Waals surface area contributed by atoms with Crippen LogP contribution >= 0.6 is 0 Å². The largest absolute Gasteiger partial charge is 0.464 e. The number of ether oxygens (including phenoxy) is 1. The molecule has 2 aromatic rings. The van der Waals surface area contributed by atoms with Gasteiger partial charge in [0, 0.05) is 12.5 Å². The second kappa shape index (κ2) is 4.55. The third kappa shape index (κ3) is 1.84. The Bertz CT molecular complexity index is 629. The molecular formula is C13H16N4O2. The summed E-state index contributed by atoms with van der Waals surface area (Å²) in [5, 5.41) is 3.30. The van der Waals surface area contributed by atoms with Crippen LogP contribution in [0.15, 0.2) is 18.2 Å². The van der Waals surface area contributed by atoms with Crippen LogP contribution < -0.4 is 11.1 Å². The molecule has 0 radical (unpaired) electrons. The van der Waals surface area contributed by atoms with Gasteiger partial charge in [0.25, 0.3) is 0 Å². The Hall–Kier alpha value is -2.08. The van der Waals surface area contributed by atoms with Crippen LogP contribution in [0, 0.1) is 0 Å². The number of pyridine rings is 1. The first-order chi connectivity index (χ1) is 9.22. The van der Waals surface area contributed by atoms with Crippen molar-refractivity contribution in [3.63, 3.8) is 0 Å². The van der Waals surface area contributed by atoms with Crippen LogP contribution in [0.1, 0.15) is 28.7 Å². The lowest BCUT2D eigenvalue weighted by Crippen LogP contribution is -2.11. The summed E-state index contributed by atoms with van der Waals surface area (Å²) in [4.78, 5) is 16.3. The molecule has 0 saturated carbocycles. The highest BCUT2D eigenvalue weighted by Crippen LogP contribution is 2.27. The number of esters is 1. The van der Waals surface area contributed by atoms with Gasteiger partial charge < -0.3 is 15.8 Å². The Morgan fingerprint density at radius 1 is 1.58 bits per heavy atom. The quantitative estimate of drug-likeness (QED) is 0.780. The van der Waals surface area contributed by atoms with E-state index in [1.165, 1.54) is 7.11 Å². The van der Waals surface area contributed by atoms with Crippen LogP contribution in [0.25, 0.3) is 5.52 Å². The lowest BCUT2D eigenvalue weighted by molar-refractivity contribution is 0.0597. The van der Waals surface area contributed by atoms with Crippen LogP contribution in [-0.2, 0) is 4.74 Å². The fourth-order valence-electron chi connectivity index (χ4n) is 2.58. The summed E-state index contributed by atoms with van der Waals surface area (Å²) in [6.07, 6.45) is 0.994. The number of aromatic nitrogens is 2. The highest BCUT2D eigenvalue weighted by Gasteiger charge is 2.26. The number of methoxy groups -OCH3 is 1. The molecule has 6 nitrogen and oxygen atoms in total. The fraction of sp³-hybridized carbons (Fsp3) is 0.385. The van der Waals surface area contributed by atoms with E-state index in [9.17, 15) is 4.79 Å². The zero-order valence-corrected chi connectivity index (χ0v) is 10.7. The van der Waals surface area contributed by atoms with Crippen LogP contribution in [-0.4, -0.2) is 35.6 Å². The third-order valence-electron chi connectivity index (χ3n) is 3.52. The molecule has 6 heteroatoms. The summed E-state index contributed by atoms with van der Waals surface area (Å²) in [5.74, 6) is 1.26. The minimum atomic E-state index is -0.430. The Morgan fingerprint density at radius 3 is 3.11 bits per heavy atom. The van der Waals surface area contributed by atoms with E-state index in [-0.39, 0.29) is 5.92 Å². The molecule has 0 spiro atoms. The number of anilines is 1. The molecule has 0 amide bonds. The first kappa shape index (κ1) is 12.0. The van der Waals surface area contributed by atoms with E-state index in [0.29, 0.717) is 17.0 Å². The molecule has 0 aliphatic carbocycles. The Kier molecular flexibility index (Phi) is 2.87. The number of hydrogen-bond acceptors (Lipinski definition) is 5. The molecule has 1 atom stereocenters. The molecule has 1 aliphatic heterocycles. The maximum absolute atomic E-state index is 11.8. The first-order valence-corrected chi connectivity index (χ1v) is 6.28. The van der Waals surface area contributed by atoms with Crippen molar-refractivity contribution < 1.29 is 9.53 Å². The lowest BCUT2D eigenvalue weighted by Gasteiger charge is -2.09. The number of rotatable bonds is 2. The maximum atomic E-state index is 11.8. The summed E-state index contributed by atoms with van der Waals surface area (Å²) >= 11 is 0. The summed E-state index contributed by atoms with van der Waals surface area (Å²) < 4.78 is 6.64. The Labute approximate surface area is 110 Å². The van der Waals surface area contributed by atoms with Crippen LogP contribution in [0.4, 0.5) is 5.82 Å². The van der Waals surface area contributed by atoms with Crippen molar-refractivity contribution in [2.45, 2.75) is 12.3 Å². The number of nitrogens with two attached hydrogens (primary N) is 1. The summed E-state index contributed by atoms with van der Waals surface area (Å²) in [5.41, 5.74) is 7.06. The minimum Gasteiger partial charge on any atom is -0.464 e. The second-order valence-corrected chi connectivity index (χ2v) is 4.67. The number of hydrogen-bond donors (Lipinski definition) is 2. The molecule has 2 aromatic heterocycles. The highest BCUT2D eigenvalue weighted by atomic mass is 16.5. The van der Waals surface area contributed by atoms with Gasteiger partial charge in [0.05, 0.1) is 12.6 Å². The molecule has 0 bridgehead atoms. The standard InChI is InChI=1S/C13H16N4O2/c1-19-13(18)11-9-3-2-4-10(14)17(9)12(16-11)8-5-6-15-7-8/h2-4,8,15H,5-7,14H2,1H3. The van der Waals surface area contributed by atoms with E-state index < -0.39 is 5.97 Å². The average molecular weight is 260 g/mol. The molecule has 3 heterocycles. The van der Waals surface area contributed by atoms with E-state index in [1.54, 1.807) is 0 Å². The van der Waals surface area contributed by atoms with Crippen LogP contribution in [0.5, 0.6) is 0 Å². The molecule has 1 unspecified atom stereocenters. The van der Waals surface area contributed by atoms with Gasteiger partial charge in [-0.25, -0.2) is 9.78 Å². The van der Waals surface area contributed by atoms with Gasteiger partial charge in [0.1, 0.15) is 11.6 Å². The normalized spacial score (nSPS) is 18.9. The van der Waals surface area contributed by atoms with E-state index >= 15 is 0 Å². The molecule has 100 valence electrons. The zero-order chi connectivity index (χ0) is 13.4. The average Bonchev–Trinajstić information content (AvgIpc) is 3.05. The van der Waals surface area contributed by atoms with Crippen LogP contribution in [0.2, 0.25) is 0 Å². The van der Waals surface area contributed by atoms with E-state index in [1.807, 2.05) is 22.6 Å². The van der Waals surface area contributed by atoms with Gasteiger partial charge >= 0.3 is 5.97 Å². The van der Waals surface area contributed by atoms with Crippen molar-refractivity contribution in [3.8, 4) is 0 Å². The predicted molar refractivity (Wildman–Crippen MR) is 71.2 cm³/mol. The van der Waals surface area contributed by atoms with Gasteiger partial charge in [0.2, 0.25) is 0 Å². The SMILES string of the molecule is COC(=O)c1nc(C2CCNC2)n2c(N)cccc12. The molecule has 1 aliphatic rings. The third-order valence-corrected chi connectivity index (χ3v) is 3.52. The molecule has 1 saturated heterocycles. The van der Waals surface area contributed by atoms with Crippen molar-refractivity contribution in [3.05, 3.63) is 29.7 Å². The molecule has 0 aromatic carbocycles. The van der Waals surface area contributed by atoms with E-state index in [0.717, 1.165) is 25.3 Å². The van der Waals surface area contributed by atoms with Gasteiger partial charge in [-0.1, -0.05) is 6.07 Å². The van der Waals surface area contributed by atoms with Gasteiger partial charge in [-0.3, -0.25) is 4.40 Å². The first-order valence-electron chi connectivity index (χ1n) is 6.28. The maximum Gasteiger partial charge on any atom is 0.358 e. The number of imidazole rings is 1. The summed E-state index contributed by atoms with van der Waals surface area (Å²) in [6.45, 7) is 1.81. The van der Waals surface area contributed by atoms with Gasteiger partial charge in [0.15, 0.2) is 5.69 Å². The zero-order valence-electron chi connectivity index (χ0n) is 10.7. The molecule has 1 fully saturated rings. The van der Waals surface area contributed by atoms with Crippen molar-refractivity contribution >= 4 is 17.3 Å². The predicted octanol–water partition coefficient (Wildman–Crippen LogP) is 0.780. The van der Waals surface area contributed by atoms with E-state index in [4.69, 9.17) is 10.5 Å². The van der Waals surface area contributed by atoms with Crippen molar-refractivity contribution in [1.82, 2.24) is 14.7 Å². The smallest absolute Gasteiger partial charge is 0.358 e. The van der Waals surface area contributed by atoms with Crippen LogP contribution in [0.3, 0.4) is 0 Å². The number of carbonyl (C=O) groups is 1. The number of carbonyl (C=O) groups excluding carboxylic acids is 1. The molecule has 3 rings (SSSR count). The molecule has 19 heavy (non-hydrogen) atoms.